The SMILES string of the molecule is CC(=O)N(C)[C@H](C)c1nc(C(C)C)c[nH]1. The molecule has 1 aromatic rings. The van der Waals surface area contributed by atoms with Crippen LogP contribution < -0.4 is 0 Å². The summed E-state index contributed by atoms with van der Waals surface area (Å²) in [6, 6.07) is -0.00463. The van der Waals surface area contributed by atoms with Gasteiger partial charge in [0.1, 0.15) is 5.82 Å². The van der Waals surface area contributed by atoms with Gasteiger partial charge in [0.15, 0.2) is 0 Å². The van der Waals surface area contributed by atoms with E-state index in [1.54, 1.807) is 18.9 Å². The van der Waals surface area contributed by atoms with E-state index in [0.717, 1.165) is 11.5 Å². The van der Waals surface area contributed by atoms with Gasteiger partial charge in [-0.05, 0) is 12.8 Å². The number of aromatic amines is 1. The Morgan fingerprint density at radius 1 is 1.47 bits per heavy atom. The topological polar surface area (TPSA) is 49.0 Å². The molecule has 1 atom stereocenters. The summed E-state index contributed by atoms with van der Waals surface area (Å²) in [6.45, 7) is 7.71. The fourth-order valence-electron chi connectivity index (χ4n) is 1.32. The van der Waals surface area contributed by atoms with Crippen LogP contribution in [-0.2, 0) is 4.79 Å². The van der Waals surface area contributed by atoms with E-state index in [-0.39, 0.29) is 11.9 Å². The largest absolute Gasteiger partial charge is 0.347 e. The molecule has 1 heterocycles. The molecule has 1 rings (SSSR count). The molecule has 1 aromatic heterocycles. The van der Waals surface area contributed by atoms with Crippen LogP contribution in [0.25, 0.3) is 0 Å². The lowest BCUT2D eigenvalue weighted by Crippen LogP contribution is -2.27. The van der Waals surface area contributed by atoms with Gasteiger partial charge in [0.05, 0.1) is 11.7 Å². The van der Waals surface area contributed by atoms with E-state index in [0.29, 0.717) is 5.92 Å². The highest BCUT2D eigenvalue weighted by Crippen LogP contribution is 2.18. The summed E-state index contributed by atoms with van der Waals surface area (Å²) in [5, 5.41) is 0. The number of nitrogens with one attached hydrogen (secondary N) is 1. The normalized spacial score (nSPS) is 12.9. The Balaban J connectivity index is 2.82. The van der Waals surface area contributed by atoms with E-state index < -0.39 is 0 Å². The average Bonchev–Trinajstić information content (AvgIpc) is 2.64. The Morgan fingerprint density at radius 3 is 2.47 bits per heavy atom. The van der Waals surface area contributed by atoms with Crippen LogP contribution in [0.4, 0.5) is 0 Å². The van der Waals surface area contributed by atoms with Crippen LogP contribution in [0.5, 0.6) is 0 Å². The molecule has 0 saturated heterocycles. The first-order valence-corrected chi connectivity index (χ1v) is 5.22. The summed E-state index contributed by atoms with van der Waals surface area (Å²) in [7, 11) is 1.78. The van der Waals surface area contributed by atoms with Gasteiger partial charge in [-0.25, -0.2) is 4.98 Å². The van der Waals surface area contributed by atoms with Gasteiger partial charge in [0, 0.05) is 20.2 Å². The van der Waals surface area contributed by atoms with Crippen molar-refractivity contribution in [1.82, 2.24) is 14.9 Å². The zero-order chi connectivity index (χ0) is 11.6. The van der Waals surface area contributed by atoms with Crippen LogP contribution in [0, 0.1) is 0 Å². The molecule has 1 N–H and O–H groups in total. The van der Waals surface area contributed by atoms with Crippen LogP contribution in [0.3, 0.4) is 0 Å². The first kappa shape index (κ1) is 11.8. The molecule has 0 aliphatic heterocycles. The maximum Gasteiger partial charge on any atom is 0.219 e. The molecule has 4 nitrogen and oxygen atoms in total. The van der Waals surface area contributed by atoms with Crippen molar-refractivity contribution >= 4 is 5.91 Å². The molecule has 84 valence electrons. The van der Waals surface area contributed by atoms with Gasteiger partial charge in [-0.3, -0.25) is 4.79 Å². The maximum atomic E-state index is 11.2. The van der Waals surface area contributed by atoms with E-state index >= 15 is 0 Å². The number of carbonyl (C=O) groups excluding carboxylic acids is 1. The van der Waals surface area contributed by atoms with Gasteiger partial charge >= 0.3 is 0 Å². The highest BCUT2D eigenvalue weighted by molar-refractivity contribution is 5.73. The van der Waals surface area contributed by atoms with Crippen molar-refractivity contribution in [2.45, 2.75) is 39.7 Å². The summed E-state index contributed by atoms with van der Waals surface area (Å²) >= 11 is 0. The molecule has 15 heavy (non-hydrogen) atoms. The lowest BCUT2D eigenvalue weighted by atomic mass is 10.2. The standard InChI is InChI=1S/C11H19N3O/c1-7(2)10-6-12-11(13-10)8(3)14(5)9(4)15/h6-8H,1-5H3,(H,12,13)/t8-/m1/s1. The lowest BCUT2D eigenvalue weighted by Gasteiger charge is -2.21. The first-order chi connectivity index (χ1) is 6.93. The van der Waals surface area contributed by atoms with Gasteiger partial charge in [-0.1, -0.05) is 13.8 Å². The zero-order valence-electron chi connectivity index (χ0n) is 10.0. The molecule has 0 fully saturated rings. The third-order valence-corrected chi connectivity index (χ3v) is 2.68. The Kier molecular flexibility index (Phi) is 3.50. The minimum Gasteiger partial charge on any atom is -0.347 e. The number of hydrogen-bond acceptors (Lipinski definition) is 2. The average molecular weight is 209 g/mol. The van der Waals surface area contributed by atoms with E-state index in [1.165, 1.54) is 0 Å². The molecular formula is C11H19N3O. The van der Waals surface area contributed by atoms with Gasteiger partial charge in [-0.15, -0.1) is 0 Å². The van der Waals surface area contributed by atoms with Crippen LogP contribution in [0.15, 0.2) is 6.20 Å². The highest BCUT2D eigenvalue weighted by Gasteiger charge is 2.17. The zero-order valence-corrected chi connectivity index (χ0v) is 10.0. The molecule has 1 amide bonds. The predicted octanol–water partition coefficient (Wildman–Crippen LogP) is 2.07. The van der Waals surface area contributed by atoms with Crippen molar-refractivity contribution in [3.05, 3.63) is 17.7 Å². The summed E-state index contributed by atoms with van der Waals surface area (Å²) in [5.41, 5.74) is 1.04. The highest BCUT2D eigenvalue weighted by atomic mass is 16.2. The predicted molar refractivity (Wildman–Crippen MR) is 59.5 cm³/mol. The van der Waals surface area contributed by atoms with Crippen LogP contribution >= 0.6 is 0 Å². The number of imidazole rings is 1. The van der Waals surface area contributed by atoms with Crippen molar-refractivity contribution in [3.8, 4) is 0 Å². The monoisotopic (exact) mass is 209 g/mol. The second-order valence-corrected chi connectivity index (χ2v) is 4.17. The number of nitrogens with zero attached hydrogens (tertiary/aromatic N) is 2. The van der Waals surface area contributed by atoms with Gasteiger partial charge in [0.25, 0.3) is 0 Å². The molecule has 0 unspecified atom stereocenters. The van der Waals surface area contributed by atoms with Gasteiger partial charge in [0.2, 0.25) is 5.91 Å². The summed E-state index contributed by atoms with van der Waals surface area (Å²) in [6.07, 6.45) is 1.91. The minimum absolute atomic E-state index is 0.00463. The van der Waals surface area contributed by atoms with Gasteiger partial charge in [-0.2, -0.15) is 0 Å². The van der Waals surface area contributed by atoms with Crippen LogP contribution in [0.2, 0.25) is 0 Å². The molecule has 0 aliphatic carbocycles. The van der Waals surface area contributed by atoms with Crippen molar-refractivity contribution in [1.29, 1.82) is 0 Å². The second-order valence-electron chi connectivity index (χ2n) is 4.17. The molecule has 4 heteroatoms. The number of amides is 1. The second kappa shape index (κ2) is 4.47. The Hall–Kier alpha value is -1.32. The Morgan fingerprint density at radius 2 is 2.07 bits per heavy atom. The Bertz CT molecular complexity index is 343. The number of hydrogen-bond donors (Lipinski definition) is 1. The van der Waals surface area contributed by atoms with Gasteiger partial charge < -0.3 is 9.88 Å². The van der Waals surface area contributed by atoms with Crippen molar-refractivity contribution in [2.75, 3.05) is 7.05 Å². The summed E-state index contributed by atoms with van der Waals surface area (Å²) < 4.78 is 0. The number of rotatable bonds is 3. The third-order valence-electron chi connectivity index (χ3n) is 2.68. The van der Waals surface area contributed by atoms with Crippen molar-refractivity contribution < 1.29 is 4.79 Å². The first-order valence-electron chi connectivity index (χ1n) is 5.22. The maximum absolute atomic E-state index is 11.2. The van der Waals surface area contributed by atoms with E-state index in [9.17, 15) is 4.79 Å². The number of aromatic nitrogens is 2. The quantitative estimate of drug-likeness (QED) is 0.828. The molecular weight excluding hydrogens is 190 g/mol. The Labute approximate surface area is 90.7 Å². The number of carbonyl (C=O) groups is 1. The summed E-state index contributed by atoms with van der Waals surface area (Å²) in [5.74, 6) is 1.30. The lowest BCUT2D eigenvalue weighted by molar-refractivity contribution is -0.129. The molecule has 0 aliphatic rings. The van der Waals surface area contributed by atoms with Crippen molar-refractivity contribution in [3.63, 3.8) is 0 Å². The van der Waals surface area contributed by atoms with E-state index in [1.807, 2.05) is 13.1 Å². The molecule has 0 bridgehead atoms. The number of H-pyrrole nitrogens is 1. The van der Waals surface area contributed by atoms with Crippen LogP contribution in [0.1, 0.15) is 51.2 Å². The molecule has 0 radical (unpaired) electrons. The smallest absolute Gasteiger partial charge is 0.219 e. The van der Waals surface area contributed by atoms with Crippen LogP contribution in [-0.4, -0.2) is 27.8 Å². The van der Waals surface area contributed by atoms with E-state index in [4.69, 9.17) is 0 Å². The fourth-order valence-corrected chi connectivity index (χ4v) is 1.32. The van der Waals surface area contributed by atoms with E-state index in [2.05, 4.69) is 23.8 Å². The minimum atomic E-state index is -0.00463. The molecule has 0 spiro atoms. The third kappa shape index (κ3) is 2.58. The molecule has 0 aromatic carbocycles. The molecule has 0 saturated carbocycles. The summed E-state index contributed by atoms with van der Waals surface area (Å²) in [4.78, 5) is 20.4. The fraction of sp³-hybridized carbons (Fsp3) is 0.636. The van der Waals surface area contributed by atoms with Crippen molar-refractivity contribution in [2.24, 2.45) is 0 Å².